The second kappa shape index (κ2) is 11.8. The molecular formula is C40H37N3O4S. The Morgan fingerprint density at radius 1 is 0.729 bits per heavy atom. The summed E-state index contributed by atoms with van der Waals surface area (Å²) in [6, 6.07) is 31.7. The van der Waals surface area contributed by atoms with Gasteiger partial charge < -0.3 is 19.8 Å². The second-order valence-electron chi connectivity index (χ2n) is 13.3. The van der Waals surface area contributed by atoms with E-state index in [1.165, 1.54) is 0 Å². The number of hydrogen-bond acceptors (Lipinski definition) is 5. The number of aliphatic hydroxyl groups excluding tert-OH is 1. The average Bonchev–Trinajstić information content (AvgIpc) is 3.38. The molecule has 6 atom stereocenters. The summed E-state index contributed by atoms with van der Waals surface area (Å²) in [6.45, 7) is 2.44. The summed E-state index contributed by atoms with van der Waals surface area (Å²) in [5.41, 5.74) is 2.47. The Balaban J connectivity index is 1.27. The zero-order valence-electron chi connectivity index (χ0n) is 26.7. The van der Waals surface area contributed by atoms with E-state index in [4.69, 9.17) is 0 Å². The number of para-hydroxylation sites is 1. The summed E-state index contributed by atoms with van der Waals surface area (Å²) in [7, 11) is 0. The second-order valence-corrected chi connectivity index (χ2v) is 15.1. The Morgan fingerprint density at radius 3 is 2.10 bits per heavy atom. The first-order valence-corrected chi connectivity index (χ1v) is 17.4. The Morgan fingerprint density at radius 2 is 1.38 bits per heavy atom. The van der Waals surface area contributed by atoms with Crippen LogP contribution in [0.5, 0.6) is 0 Å². The molecule has 4 aliphatic rings. The van der Waals surface area contributed by atoms with E-state index < -0.39 is 33.4 Å². The van der Waals surface area contributed by atoms with E-state index in [0.717, 1.165) is 27.7 Å². The minimum Gasteiger partial charge on any atom is -0.394 e. The van der Waals surface area contributed by atoms with E-state index in [1.807, 2.05) is 128 Å². The molecule has 0 aromatic heterocycles. The highest BCUT2D eigenvalue weighted by Crippen LogP contribution is 2.66. The van der Waals surface area contributed by atoms with Crippen LogP contribution in [0.4, 0.5) is 11.4 Å². The molecule has 1 spiro atoms. The van der Waals surface area contributed by atoms with Gasteiger partial charge in [-0.2, -0.15) is 0 Å². The molecule has 0 aliphatic carbocycles. The van der Waals surface area contributed by atoms with Crippen LogP contribution in [-0.4, -0.2) is 69.0 Å². The maximum Gasteiger partial charge on any atom is 0.251 e. The molecule has 4 aliphatic heterocycles. The van der Waals surface area contributed by atoms with Crippen LogP contribution < -0.4 is 9.80 Å². The third-order valence-electron chi connectivity index (χ3n) is 10.5. The summed E-state index contributed by atoms with van der Waals surface area (Å²) in [5, 5.41) is 13.0. The molecule has 3 amide bonds. The van der Waals surface area contributed by atoms with Crippen molar-refractivity contribution < 1.29 is 19.5 Å². The van der Waals surface area contributed by atoms with Crippen LogP contribution >= 0.6 is 11.8 Å². The number of anilines is 2. The largest absolute Gasteiger partial charge is 0.394 e. The molecule has 1 N–H and O–H groups in total. The molecule has 2 saturated heterocycles. The number of rotatable bonds is 6. The van der Waals surface area contributed by atoms with Gasteiger partial charge in [-0.3, -0.25) is 14.4 Å². The van der Waals surface area contributed by atoms with Gasteiger partial charge in [-0.25, -0.2) is 0 Å². The van der Waals surface area contributed by atoms with Gasteiger partial charge in [0.2, 0.25) is 11.8 Å². The van der Waals surface area contributed by atoms with Crippen molar-refractivity contribution >= 4 is 51.6 Å². The SMILES string of the molecule is C[C@]12C=CCN(c3ccccc3)C(=O)[C@H]1[C@H]1C(=O)N([C@@H](CO)Cc3ccccc3)C3C(=O)N(c4ccc5ccccc5c4)CC=C[C@@]31S2. The van der Waals surface area contributed by atoms with Crippen molar-refractivity contribution in [3.05, 3.63) is 133 Å². The van der Waals surface area contributed by atoms with Crippen LogP contribution in [0.25, 0.3) is 10.8 Å². The topological polar surface area (TPSA) is 81.2 Å². The summed E-state index contributed by atoms with van der Waals surface area (Å²) < 4.78 is -1.76. The van der Waals surface area contributed by atoms with E-state index >= 15 is 9.59 Å². The molecule has 2 fully saturated rings. The molecule has 1 unspecified atom stereocenters. The van der Waals surface area contributed by atoms with Crippen molar-refractivity contribution in [2.75, 3.05) is 29.5 Å². The Bertz CT molecular complexity index is 1970. The Hall–Kier alpha value is -4.66. The third-order valence-corrected chi connectivity index (χ3v) is 12.3. The van der Waals surface area contributed by atoms with Crippen molar-refractivity contribution in [1.29, 1.82) is 0 Å². The third kappa shape index (κ3) is 4.72. The average molecular weight is 656 g/mol. The van der Waals surface area contributed by atoms with Crippen molar-refractivity contribution in [1.82, 2.24) is 4.90 Å². The van der Waals surface area contributed by atoms with Gasteiger partial charge in [0.05, 0.1) is 29.2 Å². The van der Waals surface area contributed by atoms with Gasteiger partial charge in [0.15, 0.2) is 0 Å². The first kappa shape index (κ1) is 30.7. The van der Waals surface area contributed by atoms with Gasteiger partial charge in [0.25, 0.3) is 5.91 Å². The van der Waals surface area contributed by atoms with Gasteiger partial charge in [-0.1, -0.05) is 103 Å². The molecule has 242 valence electrons. The number of fused-ring (bicyclic) bond motifs is 3. The molecule has 0 saturated carbocycles. The summed E-state index contributed by atoms with van der Waals surface area (Å²) >= 11 is 1.56. The number of amides is 3. The first-order chi connectivity index (χ1) is 23.3. The fourth-order valence-electron chi connectivity index (χ4n) is 8.41. The fraction of sp³-hybridized carbons (Fsp3) is 0.275. The normalized spacial score (nSPS) is 28.7. The molecule has 4 aromatic carbocycles. The van der Waals surface area contributed by atoms with Gasteiger partial charge >= 0.3 is 0 Å². The molecule has 8 rings (SSSR count). The van der Waals surface area contributed by atoms with Crippen LogP contribution in [0.1, 0.15) is 12.5 Å². The van der Waals surface area contributed by atoms with Crippen LogP contribution in [0.2, 0.25) is 0 Å². The lowest BCUT2D eigenvalue weighted by molar-refractivity contribution is -0.142. The molecule has 7 nitrogen and oxygen atoms in total. The monoisotopic (exact) mass is 655 g/mol. The number of carbonyl (C=O) groups excluding carboxylic acids is 3. The van der Waals surface area contributed by atoms with Crippen LogP contribution in [0.15, 0.2) is 127 Å². The number of hydrogen-bond donors (Lipinski definition) is 1. The number of likely N-dealkylation sites (tertiary alicyclic amines) is 1. The minimum atomic E-state index is -1.02. The van der Waals surface area contributed by atoms with E-state index in [1.54, 1.807) is 26.5 Å². The molecule has 0 radical (unpaired) electrons. The van der Waals surface area contributed by atoms with E-state index in [9.17, 15) is 9.90 Å². The maximum atomic E-state index is 15.2. The number of aliphatic hydroxyl groups is 1. The van der Waals surface area contributed by atoms with Crippen LogP contribution in [0.3, 0.4) is 0 Å². The zero-order valence-corrected chi connectivity index (χ0v) is 27.5. The van der Waals surface area contributed by atoms with E-state index in [2.05, 4.69) is 6.08 Å². The lowest BCUT2D eigenvalue weighted by Crippen LogP contribution is -2.57. The number of benzene rings is 4. The molecule has 0 bridgehead atoms. The Labute approximate surface area is 284 Å². The highest BCUT2D eigenvalue weighted by molar-refractivity contribution is 8.02. The van der Waals surface area contributed by atoms with Gasteiger partial charge in [-0.05, 0) is 53.9 Å². The summed E-state index contributed by atoms with van der Waals surface area (Å²) in [6.07, 6.45) is 8.50. The fourth-order valence-corrected chi connectivity index (χ4v) is 10.6. The predicted molar refractivity (Wildman–Crippen MR) is 191 cm³/mol. The zero-order chi connectivity index (χ0) is 33.0. The van der Waals surface area contributed by atoms with Crippen molar-refractivity contribution in [2.45, 2.75) is 34.9 Å². The quantitative estimate of drug-likeness (QED) is 0.272. The molecule has 4 heterocycles. The standard InChI is InChI=1S/C40H37N3O4S/c1-39-20-10-22-41(30-16-6-3-7-17-30)36(45)33(39)34-37(46)43(32(26-44)24-27-12-4-2-5-13-27)35-38(47)42(23-11-21-40(34,35)48-39)31-19-18-28-14-8-9-15-29(28)25-31/h2-21,25,32-35,44H,22-24,26H2,1H3/t32-,33-,34+,35?,39+,40+/m1/s1. The Kier molecular flexibility index (Phi) is 7.53. The molecule has 8 heteroatoms. The molecular weight excluding hydrogens is 619 g/mol. The van der Waals surface area contributed by atoms with Crippen LogP contribution in [-0.2, 0) is 20.8 Å². The van der Waals surface area contributed by atoms with E-state index in [0.29, 0.717) is 19.5 Å². The van der Waals surface area contributed by atoms with Crippen molar-refractivity contribution in [3.8, 4) is 0 Å². The lowest BCUT2D eigenvalue weighted by atomic mass is 9.74. The number of nitrogens with zero attached hydrogens (tertiary/aromatic N) is 3. The summed E-state index contributed by atoms with van der Waals surface area (Å²) in [5.74, 6) is -2.12. The van der Waals surface area contributed by atoms with Crippen LogP contribution in [0, 0.1) is 11.8 Å². The number of thioether (sulfide) groups is 1. The van der Waals surface area contributed by atoms with Gasteiger partial charge in [0, 0.05) is 29.2 Å². The molecule has 4 aromatic rings. The number of carbonyl (C=O) groups is 3. The van der Waals surface area contributed by atoms with Crippen molar-refractivity contribution in [3.63, 3.8) is 0 Å². The van der Waals surface area contributed by atoms with Gasteiger partial charge in [0.1, 0.15) is 6.04 Å². The summed E-state index contributed by atoms with van der Waals surface area (Å²) in [4.78, 5) is 50.2. The van der Waals surface area contributed by atoms with Crippen molar-refractivity contribution in [2.24, 2.45) is 11.8 Å². The minimum absolute atomic E-state index is 0.128. The molecule has 48 heavy (non-hydrogen) atoms. The lowest BCUT2D eigenvalue weighted by Gasteiger charge is -2.40. The smallest absolute Gasteiger partial charge is 0.251 e. The highest BCUT2D eigenvalue weighted by atomic mass is 32.2. The first-order valence-electron chi connectivity index (χ1n) is 16.5. The maximum absolute atomic E-state index is 15.2. The van der Waals surface area contributed by atoms with Gasteiger partial charge in [-0.15, -0.1) is 11.8 Å². The highest BCUT2D eigenvalue weighted by Gasteiger charge is 2.74. The predicted octanol–water partition coefficient (Wildman–Crippen LogP) is 5.64. The van der Waals surface area contributed by atoms with E-state index in [-0.39, 0.29) is 24.3 Å².